The van der Waals surface area contributed by atoms with E-state index in [1.54, 1.807) is 18.7 Å². The summed E-state index contributed by atoms with van der Waals surface area (Å²) in [6, 6.07) is 7.72. The first-order valence-corrected chi connectivity index (χ1v) is 8.85. The molecule has 0 bridgehead atoms. The molecule has 1 amide bonds. The first-order valence-electron chi connectivity index (χ1n) is 7.62. The van der Waals surface area contributed by atoms with Crippen LogP contribution in [0.4, 0.5) is 0 Å². The van der Waals surface area contributed by atoms with Crippen molar-refractivity contribution < 1.29 is 9.53 Å². The number of ether oxygens (including phenoxy) is 1. The van der Waals surface area contributed by atoms with E-state index in [1.807, 2.05) is 37.4 Å². The minimum atomic E-state index is -0.557. The first-order chi connectivity index (χ1) is 10.3. The highest BCUT2D eigenvalue weighted by Gasteiger charge is 2.28. The van der Waals surface area contributed by atoms with Crippen LogP contribution in [-0.2, 0) is 4.79 Å². The number of halogens is 1. The molecule has 1 aromatic carbocycles. The molecule has 23 heavy (non-hydrogen) atoms. The van der Waals surface area contributed by atoms with Crippen LogP contribution in [0.1, 0.15) is 34.1 Å². The molecule has 0 aromatic heterocycles. The second-order valence-electron chi connectivity index (χ2n) is 6.29. The van der Waals surface area contributed by atoms with E-state index in [4.69, 9.17) is 10.5 Å². The molecule has 0 saturated carbocycles. The highest BCUT2D eigenvalue weighted by molar-refractivity contribution is 7.98. The smallest absolute Gasteiger partial charge is 0.261 e. The highest BCUT2D eigenvalue weighted by Crippen LogP contribution is 2.20. The molecule has 0 heterocycles. The summed E-state index contributed by atoms with van der Waals surface area (Å²) in [7, 11) is 0. The number of amides is 1. The molecular formula is C17H29ClN2O2S. The van der Waals surface area contributed by atoms with E-state index in [0.29, 0.717) is 18.2 Å². The summed E-state index contributed by atoms with van der Waals surface area (Å²) >= 11 is 1.67. The Bertz CT molecular complexity index is 482. The summed E-state index contributed by atoms with van der Waals surface area (Å²) in [5.41, 5.74) is 5.43. The molecule has 6 heteroatoms. The van der Waals surface area contributed by atoms with Gasteiger partial charge < -0.3 is 15.8 Å². The van der Waals surface area contributed by atoms with E-state index >= 15 is 0 Å². The van der Waals surface area contributed by atoms with Crippen molar-refractivity contribution in [3.05, 3.63) is 24.3 Å². The predicted molar refractivity (Wildman–Crippen MR) is 101 cm³/mol. The summed E-state index contributed by atoms with van der Waals surface area (Å²) in [6.45, 7) is 8.38. The Balaban J connectivity index is 0.00000484. The minimum absolute atomic E-state index is 0. The standard InChI is InChI=1S/C17H28N2O2S.ClH/c1-12(2)10-17(4,11-18)19-16(20)13(3)21-14-6-8-15(22-5)9-7-14;/h6-9,12-13H,10-11,18H2,1-5H3,(H,19,20);1H. The van der Waals surface area contributed by atoms with E-state index in [1.165, 1.54) is 0 Å². The number of carbonyl (C=O) groups excluding carboxylic acids is 1. The second kappa shape index (κ2) is 10.1. The lowest BCUT2D eigenvalue weighted by molar-refractivity contribution is -0.129. The lowest BCUT2D eigenvalue weighted by Crippen LogP contribution is -2.55. The summed E-state index contributed by atoms with van der Waals surface area (Å²) in [5, 5.41) is 3.02. The van der Waals surface area contributed by atoms with Crippen molar-refractivity contribution in [3.8, 4) is 5.75 Å². The van der Waals surface area contributed by atoms with Crippen molar-refractivity contribution in [2.24, 2.45) is 11.7 Å². The van der Waals surface area contributed by atoms with Crippen molar-refractivity contribution in [3.63, 3.8) is 0 Å². The number of thioether (sulfide) groups is 1. The number of rotatable bonds is 8. The molecule has 132 valence electrons. The van der Waals surface area contributed by atoms with Gasteiger partial charge in [0, 0.05) is 17.0 Å². The van der Waals surface area contributed by atoms with Crippen LogP contribution in [0.5, 0.6) is 5.75 Å². The third kappa shape index (κ3) is 7.46. The van der Waals surface area contributed by atoms with Crippen LogP contribution < -0.4 is 15.8 Å². The second-order valence-corrected chi connectivity index (χ2v) is 7.17. The van der Waals surface area contributed by atoms with Crippen LogP contribution in [0.3, 0.4) is 0 Å². The Morgan fingerprint density at radius 2 is 1.87 bits per heavy atom. The topological polar surface area (TPSA) is 64.3 Å². The summed E-state index contributed by atoms with van der Waals surface area (Å²) in [5.74, 6) is 1.02. The average Bonchev–Trinajstić information content (AvgIpc) is 2.47. The zero-order valence-corrected chi connectivity index (χ0v) is 16.2. The molecular weight excluding hydrogens is 332 g/mol. The van der Waals surface area contributed by atoms with Gasteiger partial charge in [-0.2, -0.15) is 0 Å². The monoisotopic (exact) mass is 360 g/mol. The normalized spacial score (nSPS) is 14.6. The largest absolute Gasteiger partial charge is 0.481 e. The van der Waals surface area contributed by atoms with Crippen molar-refractivity contribution in [1.82, 2.24) is 5.32 Å². The quantitative estimate of drug-likeness (QED) is 0.696. The fourth-order valence-electron chi connectivity index (χ4n) is 2.40. The van der Waals surface area contributed by atoms with Crippen LogP contribution in [0.25, 0.3) is 0 Å². The van der Waals surface area contributed by atoms with Gasteiger partial charge in [0.1, 0.15) is 5.75 Å². The zero-order chi connectivity index (χ0) is 16.8. The van der Waals surface area contributed by atoms with E-state index in [0.717, 1.165) is 11.3 Å². The average molecular weight is 361 g/mol. The molecule has 1 aromatic rings. The van der Waals surface area contributed by atoms with Gasteiger partial charge >= 0.3 is 0 Å². The van der Waals surface area contributed by atoms with Gasteiger partial charge in [0.05, 0.1) is 0 Å². The SMILES string of the molecule is CSc1ccc(OC(C)C(=O)NC(C)(CN)CC(C)C)cc1.Cl. The van der Waals surface area contributed by atoms with Crippen molar-refractivity contribution in [2.45, 2.75) is 50.7 Å². The number of benzene rings is 1. The van der Waals surface area contributed by atoms with Gasteiger partial charge in [-0.25, -0.2) is 0 Å². The van der Waals surface area contributed by atoms with E-state index < -0.39 is 11.6 Å². The summed E-state index contributed by atoms with van der Waals surface area (Å²) in [6.07, 6.45) is 2.30. The molecule has 0 aliphatic rings. The molecule has 0 aliphatic carbocycles. The maximum atomic E-state index is 12.3. The van der Waals surface area contributed by atoms with Crippen molar-refractivity contribution in [1.29, 1.82) is 0 Å². The van der Waals surface area contributed by atoms with E-state index in [-0.39, 0.29) is 18.3 Å². The van der Waals surface area contributed by atoms with Gasteiger partial charge in [-0.05, 0) is 56.7 Å². The minimum Gasteiger partial charge on any atom is -0.481 e. The number of carbonyl (C=O) groups is 1. The van der Waals surface area contributed by atoms with Gasteiger partial charge in [0.15, 0.2) is 6.10 Å². The Labute approximate surface area is 150 Å². The molecule has 0 saturated heterocycles. The van der Waals surface area contributed by atoms with E-state index in [2.05, 4.69) is 19.2 Å². The van der Waals surface area contributed by atoms with Crippen LogP contribution in [0.2, 0.25) is 0 Å². The lowest BCUT2D eigenvalue weighted by atomic mass is 9.90. The molecule has 0 fully saturated rings. The maximum absolute atomic E-state index is 12.3. The van der Waals surface area contributed by atoms with Gasteiger partial charge in [-0.1, -0.05) is 13.8 Å². The van der Waals surface area contributed by atoms with Gasteiger partial charge in [-0.3, -0.25) is 4.79 Å². The van der Waals surface area contributed by atoms with Crippen LogP contribution >= 0.6 is 24.2 Å². The fourth-order valence-corrected chi connectivity index (χ4v) is 2.81. The molecule has 2 unspecified atom stereocenters. The maximum Gasteiger partial charge on any atom is 0.261 e. The van der Waals surface area contributed by atoms with Crippen LogP contribution in [0.15, 0.2) is 29.2 Å². The summed E-state index contributed by atoms with van der Waals surface area (Å²) in [4.78, 5) is 13.5. The third-order valence-electron chi connectivity index (χ3n) is 3.48. The number of nitrogens with two attached hydrogens (primary N) is 1. The molecule has 0 spiro atoms. The Kier molecular flexibility index (Phi) is 9.66. The summed E-state index contributed by atoms with van der Waals surface area (Å²) < 4.78 is 5.71. The Hall–Kier alpha value is -0.910. The Morgan fingerprint density at radius 1 is 1.30 bits per heavy atom. The lowest BCUT2D eigenvalue weighted by Gasteiger charge is -2.32. The predicted octanol–water partition coefficient (Wildman–Crippen LogP) is 3.48. The number of hydrogen-bond donors (Lipinski definition) is 2. The van der Waals surface area contributed by atoms with Gasteiger partial charge in [-0.15, -0.1) is 24.2 Å². The first kappa shape index (κ1) is 22.1. The molecule has 2 atom stereocenters. The van der Waals surface area contributed by atoms with Crippen LogP contribution in [-0.4, -0.2) is 30.4 Å². The highest BCUT2D eigenvalue weighted by atomic mass is 35.5. The number of nitrogens with one attached hydrogen (secondary N) is 1. The Morgan fingerprint density at radius 3 is 2.30 bits per heavy atom. The van der Waals surface area contributed by atoms with Crippen LogP contribution in [0, 0.1) is 5.92 Å². The zero-order valence-electron chi connectivity index (χ0n) is 14.6. The molecule has 4 nitrogen and oxygen atoms in total. The van der Waals surface area contributed by atoms with Crippen molar-refractivity contribution in [2.75, 3.05) is 12.8 Å². The molecule has 1 rings (SSSR count). The van der Waals surface area contributed by atoms with Crippen molar-refractivity contribution >= 4 is 30.1 Å². The van der Waals surface area contributed by atoms with E-state index in [9.17, 15) is 4.79 Å². The molecule has 0 aliphatic heterocycles. The van der Waals surface area contributed by atoms with Gasteiger partial charge in [0.25, 0.3) is 5.91 Å². The fraction of sp³-hybridized carbons (Fsp3) is 0.588. The number of hydrogen-bond acceptors (Lipinski definition) is 4. The molecule has 3 N–H and O–H groups in total. The molecule has 0 radical (unpaired) electrons. The van der Waals surface area contributed by atoms with Gasteiger partial charge in [0.2, 0.25) is 0 Å². The third-order valence-corrected chi connectivity index (χ3v) is 4.22.